The second-order valence-electron chi connectivity index (χ2n) is 4.04. The van der Waals surface area contributed by atoms with E-state index in [0.29, 0.717) is 12.3 Å². The molecule has 82 valence electrons. The van der Waals surface area contributed by atoms with Gasteiger partial charge in [0.1, 0.15) is 0 Å². The second kappa shape index (κ2) is 8.10. The number of hydrogen-bond donors (Lipinski definition) is 0. The Balaban J connectivity index is 3.65. The van der Waals surface area contributed by atoms with Crippen LogP contribution in [0.4, 0.5) is 0 Å². The SMILES string of the molecule is CCSC(=O)C/C=C/[C@@H](C)CC(C)C. The van der Waals surface area contributed by atoms with E-state index in [1.54, 1.807) is 0 Å². The van der Waals surface area contributed by atoms with Crippen molar-refractivity contribution in [3.8, 4) is 0 Å². The summed E-state index contributed by atoms with van der Waals surface area (Å²) in [5.74, 6) is 2.21. The number of allylic oxidation sites excluding steroid dienone is 2. The first-order valence-electron chi connectivity index (χ1n) is 5.38. The highest BCUT2D eigenvalue weighted by Crippen LogP contribution is 2.13. The van der Waals surface area contributed by atoms with Gasteiger partial charge >= 0.3 is 0 Å². The molecule has 1 nitrogen and oxygen atoms in total. The molecule has 0 aromatic carbocycles. The van der Waals surface area contributed by atoms with E-state index in [4.69, 9.17) is 0 Å². The van der Waals surface area contributed by atoms with Crippen LogP contribution in [0.5, 0.6) is 0 Å². The molecule has 0 rings (SSSR count). The lowest BCUT2D eigenvalue weighted by Gasteiger charge is -2.08. The molecule has 0 aliphatic heterocycles. The molecule has 0 aromatic rings. The van der Waals surface area contributed by atoms with Gasteiger partial charge in [0.15, 0.2) is 5.12 Å². The van der Waals surface area contributed by atoms with Gasteiger partial charge in [0, 0.05) is 6.42 Å². The molecule has 0 aliphatic rings. The van der Waals surface area contributed by atoms with Crippen LogP contribution in [0.3, 0.4) is 0 Å². The molecule has 0 aliphatic carbocycles. The summed E-state index contributed by atoms with van der Waals surface area (Å²) in [4.78, 5) is 11.2. The minimum Gasteiger partial charge on any atom is -0.287 e. The molecule has 0 heterocycles. The third kappa shape index (κ3) is 8.36. The van der Waals surface area contributed by atoms with Crippen molar-refractivity contribution in [1.29, 1.82) is 0 Å². The van der Waals surface area contributed by atoms with E-state index < -0.39 is 0 Å². The van der Waals surface area contributed by atoms with Crippen LogP contribution in [0, 0.1) is 11.8 Å². The fraction of sp³-hybridized carbons (Fsp3) is 0.750. The maximum atomic E-state index is 11.2. The molecular weight excluding hydrogens is 192 g/mol. The summed E-state index contributed by atoms with van der Waals surface area (Å²) in [7, 11) is 0. The zero-order valence-electron chi connectivity index (χ0n) is 9.75. The molecule has 0 radical (unpaired) electrons. The van der Waals surface area contributed by atoms with Crippen molar-refractivity contribution in [1.82, 2.24) is 0 Å². The molecule has 0 saturated heterocycles. The van der Waals surface area contributed by atoms with Gasteiger partial charge in [-0.2, -0.15) is 0 Å². The van der Waals surface area contributed by atoms with E-state index in [9.17, 15) is 4.79 Å². The van der Waals surface area contributed by atoms with Gasteiger partial charge in [-0.3, -0.25) is 4.79 Å². The smallest absolute Gasteiger partial charge is 0.192 e. The molecular formula is C12H22OS. The van der Waals surface area contributed by atoms with Gasteiger partial charge in [0.05, 0.1) is 0 Å². The monoisotopic (exact) mass is 214 g/mol. The van der Waals surface area contributed by atoms with E-state index in [-0.39, 0.29) is 5.12 Å². The Morgan fingerprint density at radius 1 is 1.36 bits per heavy atom. The van der Waals surface area contributed by atoms with Crippen molar-refractivity contribution in [2.45, 2.75) is 40.5 Å². The zero-order chi connectivity index (χ0) is 11.0. The summed E-state index contributed by atoms with van der Waals surface area (Å²) < 4.78 is 0. The van der Waals surface area contributed by atoms with Gasteiger partial charge in [0.2, 0.25) is 0 Å². The fourth-order valence-corrected chi connectivity index (χ4v) is 1.97. The van der Waals surface area contributed by atoms with Crippen molar-refractivity contribution in [2.75, 3.05) is 5.75 Å². The van der Waals surface area contributed by atoms with Crippen molar-refractivity contribution < 1.29 is 4.79 Å². The molecule has 0 unspecified atom stereocenters. The van der Waals surface area contributed by atoms with Gasteiger partial charge in [-0.1, -0.05) is 51.6 Å². The van der Waals surface area contributed by atoms with Gasteiger partial charge < -0.3 is 0 Å². The largest absolute Gasteiger partial charge is 0.287 e. The molecule has 0 N–H and O–H groups in total. The van der Waals surface area contributed by atoms with Gasteiger partial charge in [0.25, 0.3) is 0 Å². The van der Waals surface area contributed by atoms with Crippen LogP contribution >= 0.6 is 11.8 Å². The number of thioether (sulfide) groups is 1. The molecule has 1 atom stereocenters. The number of carbonyl (C=O) groups is 1. The number of carbonyl (C=O) groups excluding carboxylic acids is 1. The third-order valence-electron chi connectivity index (χ3n) is 1.90. The fourth-order valence-electron chi connectivity index (χ4n) is 1.44. The zero-order valence-corrected chi connectivity index (χ0v) is 10.6. The molecule has 2 heteroatoms. The lowest BCUT2D eigenvalue weighted by atomic mass is 9.98. The Morgan fingerprint density at radius 2 is 2.00 bits per heavy atom. The van der Waals surface area contributed by atoms with Crippen LogP contribution in [0.2, 0.25) is 0 Å². The summed E-state index contributed by atoms with van der Waals surface area (Å²) >= 11 is 1.41. The molecule has 0 bridgehead atoms. The maximum Gasteiger partial charge on any atom is 0.192 e. The minimum absolute atomic E-state index is 0.278. The first-order chi connectivity index (χ1) is 6.56. The van der Waals surface area contributed by atoms with Gasteiger partial charge in [-0.05, 0) is 24.0 Å². The quantitative estimate of drug-likeness (QED) is 0.624. The van der Waals surface area contributed by atoms with Crippen molar-refractivity contribution in [3.05, 3.63) is 12.2 Å². The molecule has 0 fully saturated rings. The topological polar surface area (TPSA) is 17.1 Å². The average molecular weight is 214 g/mol. The van der Waals surface area contributed by atoms with Crippen LogP contribution in [-0.4, -0.2) is 10.9 Å². The predicted octanol–water partition coefficient (Wildman–Crippen LogP) is 3.89. The van der Waals surface area contributed by atoms with E-state index in [1.165, 1.54) is 18.2 Å². The van der Waals surface area contributed by atoms with E-state index in [1.807, 2.05) is 13.0 Å². The van der Waals surface area contributed by atoms with Gasteiger partial charge in [-0.25, -0.2) is 0 Å². The normalized spacial score (nSPS) is 13.8. The highest BCUT2D eigenvalue weighted by Gasteiger charge is 2.01. The van der Waals surface area contributed by atoms with Crippen LogP contribution in [0.15, 0.2) is 12.2 Å². The second-order valence-corrected chi connectivity index (χ2v) is 5.37. The van der Waals surface area contributed by atoms with Crippen LogP contribution in [0.25, 0.3) is 0 Å². The Kier molecular flexibility index (Phi) is 7.96. The van der Waals surface area contributed by atoms with E-state index in [0.717, 1.165) is 11.7 Å². The molecule has 0 saturated carbocycles. The summed E-state index contributed by atoms with van der Waals surface area (Å²) in [6.45, 7) is 8.66. The average Bonchev–Trinajstić information content (AvgIpc) is 2.02. The highest BCUT2D eigenvalue weighted by molar-refractivity contribution is 8.13. The summed E-state index contributed by atoms with van der Waals surface area (Å²) in [5, 5.41) is 0.278. The first kappa shape index (κ1) is 13.8. The highest BCUT2D eigenvalue weighted by atomic mass is 32.2. The van der Waals surface area contributed by atoms with Crippen molar-refractivity contribution >= 4 is 16.9 Å². The summed E-state index contributed by atoms with van der Waals surface area (Å²) in [6, 6.07) is 0. The van der Waals surface area contributed by atoms with Crippen molar-refractivity contribution in [2.24, 2.45) is 11.8 Å². The summed E-state index contributed by atoms with van der Waals surface area (Å²) in [6.07, 6.45) is 5.96. The Morgan fingerprint density at radius 3 is 2.50 bits per heavy atom. The predicted molar refractivity (Wildman–Crippen MR) is 65.5 cm³/mol. The van der Waals surface area contributed by atoms with Crippen LogP contribution in [-0.2, 0) is 4.79 Å². The third-order valence-corrected chi connectivity index (χ3v) is 2.67. The van der Waals surface area contributed by atoms with E-state index >= 15 is 0 Å². The van der Waals surface area contributed by atoms with Crippen LogP contribution < -0.4 is 0 Å². The number of hydrogen-bond acceptors (Lipinski definition) is 2. The molecule has 0 aromatic heterocycles. The minimum atomic E-state index is 0.278. The maximum absolute atomic E-state index is 11.2. The lowest BCUT2D eigenvalue weighted by Crippen LogP contribution is -1.96. The lowest BCUT2D eigenvalue weighted by molar-refractivity contribution is -0.110. The summed E-state index contributed by atoms with van der Waals surface area (Å²) in [5.41, 5.74) is 0. The van der Waals surface area contributed by atoms with Gasteiger partial charge in [-0.15, -0.1) is 0 Å². The number of rotatable bonds is 6. The Hall–Kier alpha value is -0.240. The van der Waals surface area contributed by atoms with E-state index in [2.05, 4.69) is 26.8 Å². The molecule has 0 spiro atoms. The van der Waals surface area contributed by atoms with Crippen molar-refractivity contribution in [3.63, 3.8) is 0 Å². The first-order valence-corrected chi connectivity index (χ1v) is 6.37. The van der Waals surface area contributed by atoms with Crippen LogP contribution in [0.1, 0.15) is 40.5 Å². The Labute approximate surface area is 92.3 Å². The standard InChI is InChI=1S/C12H22OS/c1-5-14-12(13)8-6-7-11(4)9-10(2)3/h6-7,10-11H,5,8-9H2,1-4H3/b7-6+/t11-/m1/s1. The molecule has 0 amide bonds. The molecule has 14 heavy (non-hydrogen) atoms. The Bertz CT molecular complexity index is 185.